The molecule has 0 spiro atoms. The zero-order chi connectivity index (χ0) is 17.3. The van der Waals surface area contributed by atoms with Crippen molar-refractivity contribution in [3.8, 4) is 5.75 Å². The molecule has 0 saturated carbocycles. The molecular weight excluding hydrogens is 390 g/mol. The monoisotopic (exact) mass is 405 g/mol. The molecule has 0 N–H and O–H groups in total. The van der Waals surface area contributed by atoms with Crippen LogP contribution in [0.15, 0.2) is 70.0 Å². The van der Waals surface area contributed by atoms with Crippen LogP contribution in [0.3, 0.4) is 0 Å². The number of halogens is 1. The van der Waals surface area contributed by atoms with E-state index in [1.165, 1.54) is 17.5 Å². The number of anilines is 1. The summed E-state index contributed by atoms with van der Waals surface area (Å²) in [7, 11) is -0.570. The molecule has 0 unspecified atom stereocenters. The van der Waals surface area contributed by atoms with Gasteiger partial charge in [0.1, 0.15) is 5.75 Å². The smallest absolute Gasteiger partial charge is 0.264 e. The number of hydrogen-bond acceptors (Lipinski definition) is 3. The van der Waals surface area contributed by atoms with E-state index in [1.807, 2.05) is 36.4 Å². The highest BCUT2D eigenvalue weighted by molar-refractivity contribution is 9.10. The molecule has 0 aliphatic rings. The van der Waals surface area contributed by atoms with Gasteiger partial charge in [0.25, 0.3) is 10.0 Å². The first-order chi connectivity index (χ1) is 11.4. The summed E-state index contributed by atoms with van der Waals surface area (Å²) >= 11 is 3.33. The molecule has 124 valence electrons. The van der Waals surface area contributed by atoms with Gasteiger partial charge in [-0.1, -0.05) is 30.3 Å². The summed E-state index contributed by atoms with van der Waals surface area (Å²) in [5, 5.41) is 2.06. The van der Waals surface area contributed by atoms with Gasteiger partial charge < -0.3 is 4.74 Å². The average molecular weight is 406 g/mol. The van der Waals surface area contributed by atoms with Gasteiger partial charge in [-0.25, -0.2) is 8.42 Å². The van der Waals surface area contributed by atoms with Gasteiger partial charge in [0.15, 0.2) is 0 Å². The van der Waals surface area contributed by atoms with E-state index >= 15 is 0 Å². The predicted molar refractivity (Wildman–Crippen MR) is 100 cm³/mol. The Balaban J connectivity index is 2.03. The molecule has 0 fully saturated rings. The maximum Gasteiger partial charge on any atom is 0.264 e. The third-order valence-corrected chi connectivity index (χ3v) is 6.28. The molecule has 4 nitrogen and oxygen atoms in total. The first-order valence-corrected chi connectivity index (χ1v) is 9.48. The molecule has 3 rings (SSSR count). The molecule has 0 amide bonds. The SMILES string of the molecule is COc1ccc(S(=O)(=O)N(C)c2ccc3ccccc3c2)cc1Br. The van der Waals surface area contributed by atoms with Crippen LogP contribution in [0, 0.1) is 0 Å². The Bertz CT molecular complexity index is 1000. The third kappa shape index (κ3) is 2.99. The van der Waals surface area contributed by atoms with Crippen LogP contribution in [0.5, 0.6) is 5.75 Å². The van der Waals surface area contributed by atoms with Crippen molar-refractivity contribution in [2.24, 2.45) is 0 Å². The lowest BCUT2D eigenvalue weighted by atomic mass is 10.1. The van der Waals surface area contributed by atoms with E-state index in [0.29, 0.717) is 15.9 Å². The zero-order valence-corrected chi connectivity index (χ0v) is 15.6. The fourth-order valence-corrected chi connectivity index (χ4v) is 4.38. The van der Waals surface area contributed by atoms with E-state index < -0.39 is 10.0 Å². The van der Waals surface area contributed by atoms with Crippen molar-refractivity contribution in [3.63, 3.8) is 0 Å². The van der Waals surface area contributed by atoms with Crippen LogP contribution >= 0.6 is 15.9 Å². The molecular formula is C18H16BrNO3S. The Labute approximate surface area is 149 Å². The molecule has 0 bridgehead atoms. The number of rotatable bonds is 4. The standard InChI is InChI=1S/C18H16BrNO3S/c1-20(15-8-7-13-5-3-4-6-14(13)11-15)24(21,22)16-9-10-18(23-2)17(19)12-16/h3-12H,1-2H3. The minimum absolute atomic E-state index is 0.200. The molecule has 0 aromatic heterocycles. The largest absolute Gasteiger partial charge is 0.496 e. The minimum Gasteiger partial charge on any atom is -0.496 e. The highest BCUT2D eigenvalue weighted by atomic mass is 79.9. The summed E-state index contributed by atoms with van der Waals surface area (Å²) < 4.78 is 32.8. The van der Waals surface area contributed by atoms with Gasteiger partial charge in [-0.2, -0.15) is 0 Å². The fourth-order valence-electron chi connectivity index (χ4n) is 2.48. The van der Waals surface area contributed by atoms with Gasteiger partial charge in [0, 0.05) is 7.05 Å². The maximum absolute atomic E-state index is 12.9. The van der Waals surface area contributed by atoms with Crippen molar-refractivity contribution < 1.29 is 13.2 Å². The Kier molecular flexibility index (Phi) is 4.51. The highest BCUT2D eigenvalue weighted by Crippen LogP contribution is 2.31. The van der Waals surface area contributed by atoms with Crippen molar-refractivity contribution >= 4 is 42.4 Å². The number of hydrogen-bond donors (Lipinski definition) is 0. The second kappa shape index (κ2) is 6.45. The fraction of sp³-hybridized carbons (Fsp3) is 0.111. The van der Waals surface area contributed by atoms with Crippen molar-refractivity contribution in [3.05, 3.63) is 65.1 Å². The van der Waals surface area contributed by atoms with E-state index in [9.17, 15) is 8.42 Å². The predicted octanol–water partition coefficient (Wildman–Crippen LogP) is 4.44. The van der Waals surface area contributed by atoms with Crippen LogP contribution in [0.2, 0.25) is 0 Å². The average Bonchev–Trinajstić information content (AvgIpc) is 2.60. The first-order valence-electron chi connectivity index (χ1n) is 7.25. The van der Waals surface area contributed by atoms with Gasteiger partial charge in [-0.15, -0.1) is 0 Å². The lowest BCUT2D eigenvalue weighted by Gasteiger charge is -2.20. The lowest BCUT2D eigenvalue weighted by Crippen LogP contribution is -2.26. The second-order valence-electron chi connectivity index (χ2n) is 5.30. The number of methoxy groups -OCH3 is 1. The van der Waals surface area contributed by atoms with Crippen molar-refractivity contribution in [2.45, 2.75) is 4.90 Å². The van der Waals surface area contributed by atoms with Gasteiger partial charge in [0.05, 0.1) is 22.2 Å². The molecule has 3 aromatic carbocycles. The minimum atomic E-state index is -3.66. The van der Waals surface area contributed by atoms with Crippen LogP contribution in [0.1, 0.15) is 0 Å². The topological polar surface area (TPSA) is 46.6 Å². The van der Waals surface area contributed by atoms with Gasteiger partial charge >= 0.3 is 0 Å². The third-order valence-electron chi connectivity index (χ3n) is 3.88. The number of nitrogens with zero attached hydrogens (tertiary/aromatic N) is 1. The summed E-state index contributed by atoms with van der Waals surface area (Å²) in [6.45, 7) is 0. The Hall–Kier alpha value is -2.05. The molecule has 0 radical (unpaired) electrons. The maximum atomic E-state index is 12.9. The van der Waals surface area contributed by atoms with Crippen LogP contribution in [0.4, 0.5) is 5.69 Å². The van der Waals surface area contributed by atoms with Crippen molar-refractivity contribution in [1.82, 2.24) is 0 Å². The summed E-state index contributed by atoms with van der Waals surface area (Å²) in [5.74, 6) is 0.585. The van der Waals surface area contributed by atoms with Gasteiger partial charge in [0.2, 0.25) is 0 Å². The number of ether oxygens (including phenoxy) is 1. The molecule has 3 aromatic rings. The number of fused-ring (bicyclic) bond motifs is 1. The van der Waals surface area contributed by atoms with E-state index in [-0.39, 0.29) is 4.90 Å². The van der Waals surface area contributed by atoms with E-state index in [4.69, 9.17) is 4.74 Å². The van der Waals surface area contributed by atoms with Crippen LogP contribution in [0.25, 0.3) is 10.8 Å². The molecule has 0 saturated heterocycles. The molecule has 24 heavy (non-hydrogen) atoms. The summed E-state index contributed by atoms with van der Waals surface area (Å²) in [6.07, 6.45) is 0. The van der Waals surface area contributed by atoms with Crippen LogP contribution in [-0.2, 0) is 10.0 Å². The zero-order valence-electron chi connectivity index (χ0n) is 13.2. The summed E-state index contributed by atoms with van der Waals surface area (Å²) in [4.78, 5) is 0.200. The Morgan fingerprint density at radius 1 is 0.958 bits per heavy atom. The molecule has 0 atom stereocenters. The van der Waals surface area contributed by atoms with Crippen molar-refractivity contribution in [2.75, 3.05) is 18.5 Å². The Morgan fingerprint density at radius 2 is 1.67 bits per heavy atom. The van der Waals surface area contributed by atoms with E-state index in [2.05, 4.69) is 15.9 Å². The van der Waals surface area contributed by atoms with Crippen LogP contribution < -0.4 is 9.04 Å². The molecule has 6 heteroatoms. The molecule has 0 aliphatic heterocycles. The molecule has 0 heterocycles. The van der Waals surface area contributed by atoms with Gasteiger partial charge in [-0.05, 0) is 57.0 Å². The summed E-state index contributed by atoms with van der Waals surface area (Å²) in [5.41, 5.74) is 0.612. The number of sulfonamides is 1. The first kappa shape index (κ1) is 16.8. The van der Waals surface area contributed by atoms with E-state index in [1.54, 1.807) is 25.2 Å². The second-order valence-corrected chi connectivity index (χ2v) is 8.12. The Morgan fingerprint density at radius 3 is 2.33 bits per heavy atom. The lowest BCUT2D eigenvalue weighted by molar-refractivity contribution is 0.411. The van der Waals surface area contributed by atoms with E-state index in [0.717, 1.165) is 10.8 Å². The van der Waals surface area contributed by atoms with Crippen molar-refractivity contribution in [1.29, 1.82) is 0 Å². The normalized spacial score (nSPS) is 11.5. The van der Waals surface area contributed by atoms with Crippen LogP contribution in [-0.4, -0.2) is 22.6 Å². The summed E-state index contributed by atoms with van der Waals surface area (Å²) in [6, 6.07) is 18.1. The molecule has 0 aliphatic carbocycles. The number of benzene rings is 3. The van der Waals surface area contributed by atoms with Gasteiger partial charge in [-0.3, -0.25) is 4.31 Å². The quantitative estimate of drug-likeness (QED) is 0.644. The highest BCUT2D eigenvalue weighted by Gasteiger charge is 2.22.